The van der Waals surface area contributed by atoms with E-state index in [9.17, 15) is 9.18 Å². The van der Waals surface area contributed by atoms with Gasteiger partial charge in [-0.1, -0.05) is 11.6 Å². The van der Waals surface area contributed by atoms with Gasteiger partial charge in [0.15, 0.2) is 6.61 Å². The second-order valence-electron chi connectivity index (χ2n) is 4.21. The van der Waals surface area contributed by atoms with Crippen molar-refractivity contribution in [3.05, 3.63) is 35.1 Å². The maximum atomic E-state index is 13.9. The number of aryl methyl sites for hydroxylation is 1. The molecule has 2 aromatic rings. The Morgan fingerprint density at radius 2 is 2.19 bits per heavy atom. The number of halogens is 2. The van der Waals surface area contributed by atoms with E-state index in [1.54, 1.807) is 32.2 Å². The second kappa shape index (κ2) is 6.58. The lowest BCUT2D eigenvalue weighted by atomic mass is 10.1. The van der Waals surface area contributed by atoms with Crippen LogP contribution in [-0.2, 0) is 16.6 Å². The zero-order chi connectivity index (χ0) is 15.4. The van der Waals surface area contributed by atoms with Crippen molar-refractivity contribution in [1.82, 2.24) is 9.78 Å². The quantitative estimate of drug-likeness (QED) is 0.797. The smallest absolute Gasteiger partial charge is 0.344 e. The van der Waals surface area contributed by atoms with Gasteiger partial charge in [-0.3, -0.25) is 4.68 Å². The van der Waals surface area contributed by atoms with Gasteiger partial charge in [-0.15, -0.1) is 5.10 Å². The molecule has 1 aromatic carbocycles. The minimum Gasteiger partial charge on any atom is -0.465 e. The molecule has 21 heavy (non-hydrogen) atoms. The first-order chi connectivity index (χ1) is 10.0. The van der Waals surface area contributed by atoms with Crippen molar-refractivity contribution >= 4 is 17.6 Å². The number of hydrogen-bond acceptors (Lipinski definition) is 4. The monoisotopic (exact) mass is 312 g/mol. The maximum absolute atomic E-state index is 13.9. The predicted octanol–water partition coefficient (Wildman–Crippen LogP) is 2.82. The normalized spacial score (nSPS) is 10.5. The van der Waals surface area contributed by atoms with Gasteiger partial charge in [-0.05, 0) is 25.1 Å². The minimum absolute atomic E-state index is 0.218. The van der Waals surface area contributed by atoms with Crippen LogP contribution in [0.1, 0.15) is 6.92 Å². The lowest BCUT2D eigenvalue weighted by Crippen LogP contribution is -2.14. The molecule has 5 nitrogen and oxygen atoms in total. The van der Waals surface area contributed by atoms with E-state index in [0.29, 0.717) is 16.3 Å². The molecule has 0 aliphatic heterocycles. The summed E-state index contributed by atoms with van der Waals surface area (Å²) in [7, 11) is 1.65. The summed E-state index contributed by atoms with van der Waals surface area (Å²) < 4.78 is 25.3. The lowest BCUT2D eigenvalue weighted by Gasteiger charge is -2.03. The highest BCUT2D eigenvalue weighted by Crippen LogP contribution is 2.27. The molecule has 0 atom stereocenters. The number of rotatable bonds is 5. The summed E-state index contributed by atoms with van der Waals surface area (Å²) in [5.41, 5.74) is 0.864. The van der Waals surface area contributed by atoms with Crippen LogP contribution in [0.15, 0.2) is 24.3 Å². The van der Waals surface area contributed by atoms with Crippen LogP contribution in [0.3, 0.4) is 0 Å². The predicted molar refractivity (Wildman–Crippen MR) is 75.7 cm³/mol. The summed E-state index contributed by atoms with van der Waals surface area (Å²) in [6, 6.07) is 5.92. The summed E-state index contributed by atoms with van der Waals surface area (Å²) in [5.74, 6) is -0.722. The molecule has 0 saturated carbocycles. The first-order valence-corrected chi connectivity index (χ1v) is 6.67. The van der Waals surface area contributed by atoms with Crippen LogP contribution in [0, 0.1) is 5.82 Å². The first-order valence-electron chi connectivity index (χ1n) is 6.29. The highest BCUT2D eigenvalue weighted by molar-refractivity contribution is 6.30. The standard InChI is InChI=1S/C14H14ClFN2O3/c1-3-20-14(19)8-21-13-7-12(18(2)17-13)10-5-4-9(15)6-11(10)16/h4-7H,3,8H2,1-2H3. The van der Waals surface area contributed by atoms with Gasteiger partial charge in [-0.2, -0.15) is 0 Å². The summed E-state index contributed by atoms with van der Waals surface area (Å²) in [6.45, 7) is 1.75. The number of esters is 1. The van der Waals surface area contributed by atoms with Crippen LogP contribution in [0.5, 0.6) is 5.88 Å². The van der Waals surface area contributed by atoms with E-state index in [1.165, 1.54) is 10.7 Å². The molecule has 1 heterocycles. The van der Waals surface area contributed by atoms with Crippen LogP contribution in [0.2, 0.25) is 5.02 Å². The van der Waals surface area contributed by atoms with E-state index in [-0.39, 0.29) is 19.1 Å². The van der Waals surface area contributed by atoms with Gasteiger partial charge in [0, 0.05) is 23.7 Å². The van der Waals surface area contributed by atoms with Gasteiger partial charge < -0.3 is 9.47 Å². The van der Waals surface area contributed by atoms with E-state index in [2.05, 4.69) is 5.10 Å². The fourth-order valence-electron chi connectivity index (χ4n) is 1.80. The van der Waals surface area contributed by atoms with E-state index >= 15 is 0 Å². The zero-order valence-corrected chi connectivity index (χ0v) is 12.4. The number of carbonyl (C=O) groups excluding carboxylic acids is 1. The molecule has 0 amide bonds. The maximum Gasteiger partial charge on any atom is 0.344 e. The molecule has 1 aromatic heterocycles. The molecule has 2 rings (SSSR count). The van der Waals surface area contributed by atoms with Gasteiger partial charge in [0.05, 0.1) is 12.3 Å². The van der Waals surface area contributed by atoms with Crippen molar-refractivity contribution < 1.29 is 18.7 Å². The number of carbonyl (C=O) groups is 1. The molecule has 0 saturated heterocycles. The fraction of sp³-hybridized carbons (Fsp3) is 0.286. The molecule has 0 aliphatic carbocycles. The Balaban J connectivity index is 2.17. The van der Waals surface area contributed by atoms with Gasteiger partial charge in [0.2, 0.25) is 5.88 Å². The summed E-state index contributed by atoms with van der Waals surface area (Å²) >= 11 is 5.73. The van der Waals surface area contributed by atoms with Crippen molar-refractivity contribution in [2.45, 2.75) is 6.92 Å². The van der Waals surface area contributed by atoms with Crippen molar-refractivity contribution in [2.24, 2.45) is 7.05 Å². The van der Waals surface area contributed by atoms with Crippen molar-refractivity contribution in [1.29, 1.82) is 0 Å². The van der Waals surface area contributed by atoms with Gasteiger partial charge in [-0.25, -0.2) is 9.18 Å². The Labute approximate surface area is 126 Å². The van der Waals surface area contributed by atoms with Gasteiger partial charge >= 0.3 is 5.97 Å². The molecule has 0 spiro atoms. The Bertz CT molecular complexity index is 658. The minimum atomic E-state index is -0.484. The molecule has 0 fully saturated rings. The van der Waals surface area contributed by atoms with Crippen LogP contribution < -0.4 is 4.74 Å². The Morgan fingerprint density at radius 3 is 2.86 bits per heavy atom. The van der Waals surface area contributed by atoms with Crippen molar-refractivity contribution in [3.8, 4) is 17.1 Å². The van der Waals surface area contributed by atoms with Crippen LogP contribution in [0.25, 0.3) is 11.3 Å². The first kappa shape index (κ1) is 15.3. The molecular formula is C14H14ClFN2O3. The van der Waals surface area contributed by atoms with Crippen LogP contribution in [0.4, 0.5) is 4.39 Å². The van der Waals surface area contributed by atoms with Gasteiger partial charge in [0.25, 0.3) is 0 Å². The fourth-order valence-corrected chi connectivity index (χ4v) is 1.96. The lowest BCUT2D eigenvalue weighted by molar-refractivity contribution is -0.145. The molecule has 0 bridgehead atoms. The Morgan fingerprint density at radius 1 is 1.43 bits per heavy atom. The summed E-state index contributed by atoms with van der Waals surface area (Å²) in [5, 5.41) is 4.39. The third-order valence-electron chi connectivity index (χ3n) is 2.71. The average molecular weight is 313 g/mol. The van der Waals surface area contributed by atoms with E-state index in [1.807, 2.05) is 0 Å². The Hall–Kier alpha value is -2.08. The number of hydrogen-bond donors (Lipinski definition) is 0. The summed E-state index contributed by atoms with van der Waals surface area (Å²) in [6.07, 6.45) is 0. The third-order valence-corrected chi connectivity index (χ3v) is 2.94. The van der Waals surface area contributed by atoms with Crippen molar-refractivity contribution in [3.63, 3.8) is 0 Å². The second-order valence-corrected chi connectivity index (χ2v) is 4.65. The average Bonchev–Trinajstić information content (AvgIpc) is 2.78. The number of nitrogens with zero attached hydrogens (tertiary/aromatic N) is 2. The molecular weight excluding hydrogens is 299 g/mol. The number of benzene rings is 1. The topological polar surface area (TPSA) is 53.4 Å². The Kier molecular flexibility index (Phi) is 4.80. The van der Waals surface area contributed by atoms with Crippen LogP contribution in [-0.4, -0.2) is 29.0 Å². The molecule has 112 valence electrons. The number of aromatic nitrogens is 2. The highest BCUT2D eigenvalue weighted by atomic mass is 35.5. The largest absolute Gasteiger partial charge is 0.465 e. The van der Waals surface area contributed by atoms with Gasteiger partial charge in [0.1, 0.15) is 5.82 Å². The SMILES string of the molecule is CCOC(=O)COc1cc(-c2ccc(Cl)cc2F)n(C)n1. The summed E-state index contributed by atoms with van der Waals surface area (Å²) in [4.78, 5) is 11.2. The van der Waals surface area contributed by atoms with E-state index in [0.717, 1.165) is 0 Å². The third kappa shape index (κ3) is 3.72. The van der Waals surface area contributed by atoms with E-state index < -0.39 is 11.8 Å². The van der Waals surface area contributed by atoms with Crippen molar-refractivity contribution in [2.75, 3.05) is 13.2 Å². The molecule has 0 aliphatic rings. The zero-order valence-electron chi connectivity index (χ0n) is 11.6. The highest BCUT2D eigenvalue weighted by Gasteiger charge is 2.14. The molecule has 7 heteroatoms. The molecule has 0 N–H and O–H groups in total. The number of ether oxygens (including phenoxy) is 2. The molecule has 0 unspecified atom stereocenters. The van der Waals surface area contributed by atoms with E-state index in [4.69, 9.17) is 21.1 Å². The van der Waals surface area contributed by atoms with Crippen LogP contribution >= 0.6 is 11.6 Å². The molecule has 0 radical (unpaired) electrons.